The van der Waals surface area contributed by atoms with Crippen LogP contribution in [0.3, 0.4) is 0 Å². The Morgan fingerprint density at radius 1 is 1.52 bits per heavy atom. The number of hydrogen-bond donors (Lipinski definition) is 0. The highest BCUT2D eigenvalue weighted by atomic mass is 19.1. The van der Waals surface area contributed by atoms with Crippen molar-refractivity contribution in [3.63, 3.8) is 0 Å². The zero-order valence-electron chi connectivity index (χ0n) is 13.2. The first kappa shape index (κ1) is 15.6. The van der Waals surface area contributed by atoms with Gasteiger partial charge in [0.1, 0.15) is 5.82 Å². The number of amides is 1. The van der Waals surface area contributed by atoms with Crippen LogP contribution in [0.5, 0.6) is 0 Å². The fourth-order valence-corrected chi connectivity index (χ4v) is 2.97. The van der Waals surface area contributed by atoms with E-state index in [2.05, 4.69) is 10.1 Å². The quantitative estimate of drug-likeness (QED) is 0.863. The minimum absolute atomic E-state index is 0.0175. The molecule has 0 saturated heterocycles. The van der Waals surface area contributed by atoms with Crippen LogP contribution >= 0.6 is 0 Å². The molecule has 1 aromatic heterocycles. The van der Waals surface area contributed by atoms with Gasteiger partial charge in [0.2, 0.25) is 12.3 Å². The number of hydrogen-bond acceptors (Lipinski definition) is 5. The van der Waals surface area contributed by atoms with Gasteiger partial charge in [0, 0.05) is 11.7 Å². The lowest BCUT2D eigenvalue weighted by molar-refractivity contribution is -0.120. The highest BCUT2D eigenvalue weighted by molar-refractivity contribution is 5.96. The van der Waals surface area contributed by atoms with Gasteiger partial charge in [-0.3, -0.25) is 9.69 Å². The van der Waals surface area contributed by atoms with Crippen molar-refractivity contribution in [1.29, 1.82) is 0 Å². The average molecular weight is 318 g/mol. The van der Waals surface area contributed by atoms with Gasteiger partial charge in [-0.1, -0.05) is 5.16 Å². The predicted octanol–water partition coefficient (Wildman–Crippen LogP) is 2.01. The molecule has 122 valence electrons. The van der Waals surface area contributed by atoms with Gasteiger partial charge in [-0.05, 0) is 50.6 Å². The van der Waals surface area contributed by atoms with Crippen LogP contribution in [0, 0.1) is 5.82 Å². The van der Waals surface area contributed by atoms with Crippen LogP contribution in [0.4, 0.5) is 10.1 Å². The number of likely N-dealkylation sites (N-methyl/N-ethyl adjacent to an activating group) is 1. The van der Waals surface area contributed by atoms with Crippen molar-refractivity contribution >= 4 is 11.6 Å². The lowest BCUT2D eigenvalue weighted by Crippen LogP contribution is -2.46. The molecule has 0 unspecified atom stereocenters. The van der Waals surface area contributed by atoms with Crippen LogP contribution in [-0.4, -0.2) is 40.6 Å². The van der Waals surface area contributed by atoms with Crippen LogP contribution in [0.1, 0.15) is 24.7 Å². The molecule has 23 heavy (non-hydrogen) atoms. The molecule has 2 aromatic rings. The lowest BCUT2D eigenvalue weighted by Gasteiger charge is -2.36. The van der Waals surface area contributed by atoms with Crippen molar-refractivity contribution in [1.82, 2.24) is 15.0 Å². The Balaban J connectivity index is 1.74. The molecule has 0 aliphatic carbocycles. The lowest BCUT2D eigenvalue weighted by atomic mass is 9.96. The fraction of sp³-hybridized carbons (Fsp3) is 0.438. The molecule has 2 heterocycles. The minimum Gasteiger partial charge on any atom is -0.343 e. The molecule has 1 amide bonds. The van der Waals surface area contributed by atoms with Gasteiger partial charge in [0.25, 0.3) is 0 Å². The largest absolute Gasteiger partial charge is 0.343 e. The molecule has 1 aliphatic rings. The Morgan fingerprint density at radius 2 is 2.35 bits per heavy atom. The van der Waals surface area contributed by atoms with Crippen molar-refractivity contribution in [2.45, 2.75) is 32.4 Å². The number of benzene rings is 1. The maximum absolute atomic E-state index is 13.4. The smallest absolute Gasteiger partial charge is 0.241 e. The average Bonchev–Trinajstić information content (AvgIpc) is 2.99. The van der Waals surface area contributed by atoms with Crippen molar-refractivity contribution in [2.24, 2.45) is 0 Å². The third-order valence-corrected chi connectivity index (χ3v) is 4.07. The molecule has 0 bridgehead atoms. The summed E-state index contributed by atoms with van der Waals surface area (Å²) in [5.41, 5.74) is 1.69. The van der Waals surface area contributed by atoms with Crippen LogP contribution in [0.25, 0.3) is 0 Å². The summed E-state index contributed by atoms with van der Waals surface area (Å²) >= 11 is 0. The third kappa shape index (κ3) is 3.39. The number of anilines is 1. The van der Waals surface area contributed by atoms with E-state index in [4.69, 9.17) is 4.52 Å². The van der Waals surface area contributed by atoms with E-state index in [1.165, 1.54) is 18.5 Å². The van der Waals surface area contributed by atoms with Gasteiger partial charge in [0.05, 0.1) is 13.1 Å². The molecule has 0 saturated carbocycles. The fourth-order valence-electron chi connectivity index (χ4n) is 2.97. The standard InChI is InChI=1S/C16H19FN4O2/c1-11-3-4-12-7-13(17)5-6-14(12)21(11)16(22)9-20(2)8-15-18-10-23-19-15/h5-7,10-11H,3-4,8-9H2,1-2H3/t11-/m1/s1. The van der Waals surface area contributed by atoms with Gasteiger partial charge in [-0.15, -0.1) is 0 Å². The second-order valence-corrected chi connectivity index (χ2v) is 5.94. The number of aromatic nitrogens is 2. The van der Waals surface area contributed by atoms with E-state index in [1.807, 2.05) is 18.9 Å². The molecule has 1 atom stereocenters. The number of carbonyl (C=O) groups excluding carboxylic acids is 1. The number of aryl methyl sites for hydroxylation is 1. The Kier molecular flexibility index (Phi) is 4.38. The van der Waals surface area contributed by atoms with Crippen molar-refractivity contribution in [3.8, 4) is 0 Å². The highest BCUT2D eigenvalue weighted by Gasteiger charge is 2.29. The van der Waals surface area contributed by atoms with Crippen molar-refractivity contribution in [2.75, 3.05) is 18.5 Å². The molecule has 0 fully saturated rings. The Morgan fingerprint density at radius 3 is 3.09 bits per heavy atom. The summed E-state index contributed by atoms with van der Waals surface area (Å²) in [5, 5.41) is 3.74. The van der Waals surface area contributed by atoms with E-state index in [0.29, 0.717) is 12.4 Å². The third-order valence-electron chi connectivity index (χ3n) is 4.07. The van der Waals surface area contributed by atoms with Crippen LogP contribution < -0.4 is 4.90 Å². The normalized spacial score (nSPS) is 17.4. The number of halogens is 1. The Labute approximate surface area is 133 Å². The summed E-state index contributed by atoms with van der Waals surface area (Å²) in [7, 11) is 1.83. The number of rotatable bonds is 4. The van der Waals surface area contributed by atoms with Gasteiger partial charge in [-0.25, -0.2) is 4.39 Å². The first-order chi connectivity index (χ1) is 11.0. The summed E-state index contributed by atoms with van der Waals surface area (Å²) in [6, 6.07) is 4.71. The topological polar surface area (TPSA) is 62.5 Å². The molecule has 0 N–H and O–H groups in total. The molecule has 1 aromatic carbocycles. The number of carbonyl (C=O) groups is 1. The van der Waals surface area contributed by atoms with E-state index < -0.39 is 0 Å². The zero-order chi connectivity index (χ0) is 16.4. The molecule has 7 heteroatoms. The van der Waals surface area contributed by atoms with Crippen LogP contribution in [0.15, 0.2) is 29.1 Å². The summed E-state index contributed by atoms with van der Waals surface area (Å²) in [6.45, 7) is 2.68. The molecule has 0 spiro atoms. The van der Waals surface area contributed by atoms with E-state index in [0.717, 1.165) is 24.1 Å². The Bertz CT molecular complexity index is 689. The predicted molar refractivity (Wildman–Crippen MR) is 82.3 cm³/mol. The van der Waals surface area contributed by atoms with E-state index >= 15 is 0 Å². The second-order valence-electron chi connectivity index (χ2n) is 5.94. The molecule has 3 rings (SSSR count). The van der Waals surface area contributed by atoms with Crippen LogP contribution in [-0.2, 0) is 17.8 Å². The van der Waals surface area contributed by atoms with E-state index in [1.54, 1.807) is 11.0 Å². The molecule has 0 radical (unpaired) electrons. The van der Waals surface area contributed by atoms with Gasteiger partial charge < -0.3 is 9.42 Å². The maximum atomic E-state index is 13.4. The SMILES string of the molecule is C[C@@H]1CCc2cc(F)ccc2N1C(=O)CN(C)Cc1ncon1. The summed E-state index contributed by atoms with van der Waals surface area (Å²) < 4.78 is 18.1. The second kappa shape index (κ2) is 6.45. The van der Waals surface area contributed by atoms with Gasteiger partial charge in [-0.2, -0.15) is 4.98 Å². The summed E-state index contributed by atoms with van der Waals surface area (Å²) in [5.74, 6) is 0.255. The number of fused-ring (bicyclic) bond motifs is 1. The first-order valence-corrected chi connectivity index (χ1v) is 7.59. The van der Waals surface area contributed by atoms with E-state index in [9.17, 15) is 9.18 Å². The summed E-state index contributed by atoms with van der Waals surface area (Å²) in [4.78, 5) is 20.3. The van der Waals surface area contributed by atoms with Crippen LogP contribution in [0.2, 0.25) is 0 Å². The highest BCUT2D eigenvalue weighted by Crippen LogP contribution is 2.31. The van der Waals surface area contributed by atoms with Crippen molar-refractivity contribution < 1.29 is 13.7 Å². The maximum Gasteiger partial charge on any atom is 0.241 e. The molecule has 1 aliphatic heterocycles. The number of nitrogens with zero attached hydrogens (tertiary/aromatic N) is 4. The van der Waals surface area contributed by atoms with E-state index in [-0.39, 0.29) is 24.3 Å². The minimum atomic E-state index is -0.264. The summed E-state index contributed by atoms with van der Waals surface area (Å²) in [6.07, 6.45) is 2.88. The monoisotopic (exact) mass is 318 g/mol. The Hall–Kier alpha value is -2.28. The first-order valence-electron chi connectivity index (χ1n) is 7.59. The molecular weight excluding hydrogens is 299 g/mol. The van der Waals surface area contributed by atoms with Gasteiger partial charge >= 0.3 is 0 Å². The zero-order valence-corrected chi connectivity index (χ0v) is 13.2. The van der Waals surface area contributed by atoms with Gasteiger partial charge in [0.15, 0.2) is 5.82 Å². The molecule has 6 nitrogen and oxygen atoms in total. The molecular formula is C16H19FN4O2. The van der Waals surface area contributed by atoms with Crippen molar-refractivity contribution in [3.05, 3.63) is 41.8 Å².